The highest BCUT2D eigenvalue weighted by atomic mass is 32.1. The molecule has 0 radical (unpaired) electrons. The molecule has 0 atom stereocenters. The first kappa shape index (κ1) is 19.0. The largest absolute Gasteiger partial charge is 0.493 e. The van der Waals surface area contributed by atoms with Crippen molar-refractivity contribution in [1.29, 1.82) is 0 Å². The number of rotatable bonds is 8. The molecule has 0 bridgehead atoms. The van der Waals surface area contributed by atoms with Gasteiger partial charge < -0.3 is 19.2 Å². The Bertz CT molecular complexity index is 903. The van der Waals surface area contributed by atoms with Crippen molar-refractivity contribution >= 4 is 17.2 Å². The smallest absolute Gasteiger partial charge is 0.236 e. The second-order valence-corrected chi connectivity index (χ2v) is 6.91. The number of hydrogen-bond donors (Lipinski definition) is 1. The Morgan fingerprint density at radius 2 is 2.04 bits per heavy atom. The van der Waals surface area contributed by atoms with Crippen LogP contribution in [0.1, 0.15) is 17.0 Å². The van der Waals surface area contributed by atoms with E-state index >= 15 is 0 Å². The summed E-state index contributed by atoms with van der Waals surface area (Å²) in [6, 6.07) is 9.63. The van der Waals surface area contributed by atoms with Gasteiger partial charge >= 0.3 is 0 Å². The number of nitrogens with zero attached hydrogens (tertiary/aromatic N) is 1. The predicted molar refractivity (Wildman–Crippen MR) is 105 cm³/mol. The molecule has 3 aromatic rings. The normalized spacial score (nSPS) is 10.6. The van der Waals surface area contributed by atoms with Gasteiger partial charge in [-0.2, -0.15) is 0 Å². The number of carbonyl (C=O) groups excluding carboxylic acids is 1. The van der Waals surface area contributed by atoms with E-state index in [1.165, 1.54) is 0 Å². The summed E-state index contributed by atoms with van der Waals surface area (Å²) in [6.07, 6.45) is 0.900. The minimum absolute atomic E-state index is 0.0791. The van der Waals surface area contributed by atoms with Crippen molar-refractivity contribution in [3.05, 3.63) is 52.7 Å². The van der Waals surface area contributed by atoms with Gasteiger partial charge in [-0.15, -0.1) is 11.3 Å². The van der Waals surface area contributed by atoms with E-state index in [9.17, 15) is 4.79 Å². The molecule has 0 unspecified atom stereocenters. The number of methoxy groups -OCH3 is 2. The van der Waals surface area contributed by atoms with Gasteiger partial charge in [0, 0.05) is 6.54 Å². The molecule has 2 heterocycles. The zero-order valence-corrected chi connectivity index (χ0v) is 16.4. The standard InChI is InChI=1S/C20H22N2O4S/c1-13-15(22-20(26-13)18-5-4-10-27-18)12-19(23)21-9-8-14-6-7-16(24-2)17(11-14)25-3/h4-7,10-11H,8-9,12H2,1-3H3,(H,21,23). The van der Waals surface area contributed by atoms with Crippen molar-refractivity contribution in [1.82, 2.24) is 10.3 Å². The van der Waals surface area contributed by atoms with Crippen LogP contribution in [0, 0.1) is 6.92 Å². The first-order valence-electron chi connectivity index (χ1n) is 8.58. The zero-order valence-electron chi connectivity index (χ0n) is 15.6. The minimum Gasteiger partial charge on any atom is -0.493 e. The van der Waals surface area contributed by atoms with E-state index in [0.717, 1.165) is 10.4 Å². The van der Waals surface area contributed by atoms with Gasteiger partial charge in [0.05, 0.1) is 31.2 Å². The number of carbonyl (C=O) groups is 1. The van der Waals surface area contributed by atoms with Crippen molar-refractivity contribution in [2.45, 2.75) is 19.8 Å². The summed E-state index contributed by atoms with van der Waals surface area (Å²) in [6.45, 7) is 2.36. The van der Waals surface area contributed by atoms with Gasteiger partial charge in [-0.25, -0.2) is 4.98 Å². The molecule has 0 aliphatic heterocycles. The summed E-state index contributed by atoms with van der Waals surface area (Å²) in [7, 11) is 3.21. The molecular weight excluding hydrogens is 364 g/mol. The number of aryl methyl sites for hydroxylation is 1. The van der Waals surface area contributed by atoms with Crippen LogP contribution in [0.3, 0.4) is 0 Å². The fraction of sp³-hybridized carbons (Fsp3) is 0.300. The quantitative estimate of drug-likeness (QED) is 0.640. The maximum Gasteiger partial charge on any atom is 0.236 e. The van der Waals surface area contributed by atoms with Crippen molar-refractivity contribution in [2.75, 3.05) is 20.8 Å². The molecule has 0 saturated carbocycles. The number of hydrogen-bond acceptors (Lipinski definition) is 6. The number of oxazole rings is 1. The van der Waals surface area contributed by atoms with E-state index in [1.54, 1.807) is 25.6 Å². The Balaban J connectivity index is 1.53. The van der Waals surface area contributed by atoms with E-state index in [-0.39, 0.29) is 12.3 Å². The molecular formula is C20H22N2O4S. The molecule has 27 heavy (non-hydrogen) atoms. The molecule has 142 valence electrons. The third-order valence-electron chi connectivity index (χ3n) is 4.14. The Morgan fingerprint density at radius 3 is 2.74 bits per heavy atom. The topological polar surface area (TPSA) is 73.6 Å². The first-order chi connectivity index (χ1) is 13.1. The van der Waals surface area contributed by atoms with Gasteiger partial charge in [-0.05, 0) is 42.5 Å². The van der Waals surface area contributed by atoms with E-state index in [1.807, 2.05) is 42.6 Å². The van der Waals surface area contributed by atoms with Gasteiger partial charge in [0.15, 0.2) is 11.5 Å². The van der Waals surface area contributed by atoms with Crippen LogP contribution in [0.25, 0.3) is 10.8 Å². The summed E-state index contributed by atoms with van der Waals surface area (Å²) in [5.41, 5.74) is 1.73. The zero-order chi connectivity index (χ0) is 19.2. The van der Waals surface area contributed by atoms with Crippen LogP contribution in [-0.2, 0) is 17.6 Å². The number of benzene rings is 1. The SMILES string of the molecule is COc1ccc(CCNC(=O)Cc2nc(-c3cccs3)oc2C)cc1OC. The highest BCUT2D eigenvalue weighted by Gasteiger charge is 2.15. The van der Waals surface area contributed by atoms with Gasteiger partial charge in [-0.1, -0.05) is 12.1 Å². The highest BCUT2D eigenvalue weighted by Crippen LogP contribution is 2.28. The maximum atomic E-state index is 12.2. The van der Waals surface area contributed by atoms with E-state index in [2.05, 4.69) is 10.3 Å². The van der Waals surface area contributed by atoms with E-state index < -0.39 is 0 Å². The lowest BCUT2D eigenvalue weighted by Gasteiger charge is -2.10. The van der Waals surface area contributed by atoms with E-state index in [0.29, 0.717) is 41.8 Å². The molecule has 6 nitrogen and oxygen atoms in total. The third-order valence-corrected chi connectivity index (χ3v) is 4.99. The molecule has 0 saturated heterocycles. The summed E-state index contributed by atoms with van der Waals surface area (Å²) >= 11 is 1.56. The lowest BCUT2D eigenvalue weighted by molar-refractivity contribution is -0.120. The lowest BCUT2D eigenvalue weighted by atomic mass is 10.1. The van der Waals surface area contributed by atoms with Crippen LogP contribution in [0.5, 0.6) is 11.5 Å². The van der Waals surface area contributed by atoms with Crippen molar-refractivity contribution in [3.63, 3.8) is 0 Å². The molecule has 0 spiro atoms. The molecule has 1 N–H and O–H groups in total. The molecule has 1 amide bonds. The summed E-state index contributed by atoms with van der Waals surface area (Å²) < 4.78 is 16.2. The number of thiophene rings is 1. The minimum atomic E-state index is -0.0791. The second kappa shape index (κ2) is 8.73. The summed E-state index contributed by atoms with van der Waals surface area (Å²) in [5.74, 6) is 2.53. The van der Waals surface area contributed by atoms with Gasteiger partial charge in [0.1, 0.15) is 5.76 Å². The number of ether oxygens (including phenoxy) is 2. The third kappa shape index (κ3) is 4.68. The first-order valence-corrected chi connectivity index (χ1v) is 9.46. The van der Waals surface area contributed by atoms with Gasteiger partial charge in [0.25, 0.3) is 0 Å². The predicted octanol–water partition coefficient (Wildman–Crippen LogP) is 3.63. The Morgan fingerprint density at radius 1 is 1.22 bits per heavy atom. The average Bonchev–Trinajstić information content (AvgIpc) is 3.32. The fourth-order valence-corrected chi connectivity index (χ4v) is 3.34. The monoisotopic (exact) mass is 386 g/mol. The fourth-order valence-electron chi connectivity index (χ4n) is 2.69. The summed E-state index contributed by atoms with van der Waals surface area (Å²) in [5, 5.41) is 4.89. The van der Waals surface area contributed by atoms with Crippen LogP contribution in [0.15, 0.2) is 40.1 Å². The highest BCUT2D eigenvalue weighted by molar-refractivity contribution is 7.13. The summed E-state index contributed by atoms with van der Waals surface area (Å²) in [4.78, 5) is 17.6. The van der Waals surface area contributed by atoms with Crippen LogP contribution >= 0.6 is 11.3 Å². The molecule has 1 aromatic carbocycles. The number of amides is 1. The van der Waals surface area contributed by atoms with Crippen LogP contribution in [0.2, 0.25) is 0 Å². The Kier molecular flexibility index (Phi) is 6.13. The molecule has 7 heteroatoms. The van der Waals surface area contributed by atoms with Crippen molar-refractivity contribution < 1.29 is 18.7 Å². The molecule has 0 aliphatic rings. The van der Waals surface area contributed by atoms with Crippen LogP contribution < -0.4 is 14.8 Å². The van der Waals surface area contributed by atoms with Crippen LogP contribution in [-0.4, -0.2) is 31.7 Å². The second-order valence-electron chi connectivity index (χ2n) is 5.97. The lowest BCUT2D eigenvalue weighted by Crippen LogP contribution is -2.27. The molecule has 0 fully saturated rings. The van der Waals surface area contributed by atoms with Gasteiger partial charge in [0.2, 0.25) is 11.8 Å². The van der Waals surface area contributed by atoms with Crippen LogP contribution in [0.4, 0.5) is 0 Å². The number of nitrogens with one attached hydrogen (secondary N) is 1. The average molecular weight is 386 g/mol. The van der Waals surface area contributed by atoms with Gasteiger partial charge in [-0.3, -0.25) is 4.79 Å². The molecule has 2 aromatic heterocycles. The maximum absolute atomic E-state index is 12.2. The Labute approximate surface area is 162 Å². The molecule has 3 rings (SSSR count). The Hall–Kier alpha value is -2.80. The molecule has 0 aliphatic carbocycles. The number of aromatic nitrogens is 1. The van der Waals surface area contributed by atoms with Crippen molar-refractivity contribution in [3.8, 4) is 22.3 Å². The van der Waals surface area contributed by atoms with E-state index in [4.69, 9.17) is 13.9 Å². The van der Waals surface area contributed by atoms with Crippen molar-refractivity contribution in [2.24, 2.45) is 0 Å².